The van der Waals surface area contributed by atoms with Gasteiger partial charge in [-0.15, -0.1) is 0 Å². The van der Waals surface area contributed by atoms with Crippen LogP contribution in [0.15, 0.2) is 23.2 Å². The first-order valence-electron chi connectivity index (χ1n) is 7.55. The molecule has 0 bridgehead atoms. The van der Waals surface area contributed by atoms with E-state index < -0.39 is 15.9 Å². The molecular weight excluding hydrogens is 373 g/mol. The predicted molar refractivity (Wildman–Crippen MR) is 99.7 cm³/mol. The third-order valence-electron chi connectivity index (χ3n) is 3.02. The minimum Gasteiger partial charge on any atom is -0.386 e. The van der Waals surface area contributed by atoms with E-state index in [9.17, 15) is 13.5 Å². The summed E-state index contributed by atoms with van der Waals surface area (Å²) >= 11 is 11.8. The lowest BCUT2D eigenvalue weighted by molar-refractivity contribution is 0.187. The molecule has 0 spiro atoms. The summed E-state index contributed by atoms with van der Waals surface area (Å²) in [4.78, 5) is 4.29. The van der Waals surface area contributed by atoms with Crippen LogP contribution in [-0.4, -0.2) is 51.1 Å². The molecule has 0 amide bonds. The summed E-state index contributed by atoms with van der Waals surface area (Å²) < 4.78 is 22.2. The van der Waals surface area contributed by atoms with Gasteiger partial charge in [-0.1, -0.05) is 23.2 Å². The molecule has 3 N–H and O–H groups in total. The van der Waals surface area contributed by atoms with Crippen molar-refractivity contribution in [2.45, 2.75) is 19.4 Å². The minimum absolute atomic E-state index is 0.114. The number of guanidine groups is 1. The molecule has 1 atom stereocenters. The van der Waals surface area contributed by atoms with E-state index in [4.69, 9.17) is 23.2 Å². The lowest BCUT2D eigenvalue weighted by Gasteiger charge is -2.13. The lowest BCUT2D eigenvalue weighted by Crippen LogP contribution is -2.38. The van der Waals surface area contributed by atoms with Gasteiger partial charge in [0.25, 0.3) is 0 Å². The third-order valence-corrected chi connectivity index (χ3v) is 4.49. The summed E-state index contributed by atoms with van der Waals surface area (Å²) in [5.74, 6) is 0.626. The van der Waals surface area contributed by atoms with Gasteiger partial charge < -0.3 is 15.7 Å². The first kappa shape index (κ1) is 21.0. The number of rotatable bonds is 8. The second kappa shape index (κ2) is 10.1. The maximum atomic E-state index is 11.1. The normalized spacial score (nSPS) is 13.6. The fourth-order valence-corrected chi connectivity index (χ4v) is 3.15. The van der Waals surface area contributed by atoms with Crippen LogP contribution >= 0.6 is 23.2 Å². The molecule has 0 radical (unpaired) electrons. The predicted octanol–water partition coefficient (Wildman–Crippen LogP) is 2.02. The van der Waals surface area contributed by atoms with E-state index >= 15 is 0 Å². The molecule has 24 heavy (non-hydrogen) atoms. The van der Waals surface area contributed by atoms with Crippen LogP contribution in [0.5, 0.6) is 0 Å². The van der Waals surface area contributed by atoms with E-state index in [1.54, 1.807) is 18.2 Å². The van der Waals surface area contributed by atoms with E-state index in [1.165, 1.54) is 6.26 Å². The second-order valence-corrected chi connectivity index (χ2v) is 8.48. The van der Waals surface area contributed by atoms with Gasteiger partial charge in [0.05, 0.1) is 18.4 Å². The van der Waals surface area contributed by atoms with Crippen molar-refractivity contribution in [2.75, 3.05) is 31.6 Å². The molecule has 1 rings (SSSR count). The maximum absolute atomic E-state index is 11.1. The number of hydrogen-bond donors (Lipinski definition) is 3. The summed E-state index contributed by atoms with van der Waals surface area (Å²) in [5.41, 5.74) is 0.587. The highest BCUT2D eigenvalue weighted by molar-refractivity contribution is 7.90. The van der Waals surface area contributed by atoms with Crippen LogP contribution in [0, 0.1) is 0 Å². The first-order chi connectivity index (χ1) is 11.2. The molecule has 0 aliphatic rings. The van der Waals surface area contributed by atoms with Crippen molar-refractivity contribution < 1.29 is 13.5 Å². The SMILES string of the molecule is CCNC(=NCC(O)c1cc(Cl)cc(Cl)c1)NCCCS(C)(=O)=O. The minimum atomic E-state index is -2.97. The van der Waals surface area contributed by atoms with Crippen LogP contribution in [0.4, 0.5) is 0 Å². The third kappa shape index (κ3) is 8.73. The highest BCUT2D eigenvalue weighted by Gasteiger charge is 2.10. The molecule has 0 fully saturated rings. The van der Waals surface area contributed by atoms with Crippen molar-refractivity contribution in [3.63, 3.8) is 0 Å². The van der Waals surface area contributed by atoms with Gasteiger partial charge in [0.1, 0.15) is 9.84 Å². The van der Waals surface area contributed by atoms with E-state index in [1.807, 2.05) is 6.92 Å². The second-order valence-electron chi connectivity index (χ2n) is 5.35. The summed E-state index contributed by atoms with van der Waals surface area (Å²) in [7, 11) is -2.97. The van der Waals surface area contributed by atoms with Crippen molar-refractivity contribution in [1.29, 1.82) is 0 Å². The van der Waals surface area contributed by atoms with Gasteiger partial charge in [-0.2, -0.15) is 0 Å². The van der Waals surface area contributed by atoms with Crippen molar-refractivity contribution >= 4 is 39.0 Å². The number of aliphatic hydroxyl groups is 1. The Hall–Kier alpha value is -1.02. The number of aliphatic imine (C=N–C) groups is 1. The zero-order valence-corrected chi connectivity index (χ0v) is 16.0. The Morgan fingerprint density at radius 2 is 1.88 bits per heavy atom. The van der Waals surface area contributed by atoms with E-state index in [2.05, 4.69) is 15.6 Å². The molecule has 9 heteroatoms. The molecule has 0 aliphatic carbocycles. The largest absolute Gasteiger partial charge is 0.386 e. The Balaban J connectivity index is 2.60. The number of sulfone groups is 1. The Morgan fingerprint density at radius 1 is 1.25 bits per heavy atom. The quantitative estimate of drug-likeness (QED) is 0.355. The van der Waals surface area contributed by atoms with Crippen LogP contribution in [0.2, 0.25) is 10.0 Å². The first-order valence-corrected chi connectivity index (χ1v) is 10.4. The zero-order chi connectivity index (χ0) is 18.2. The number of halogens is 2. The molecular formula is C15H23Cl2N3O3S. The van der Waals surface area contributed by atoms with Gasteiger partial charge in [0.2, 0.25) is 0 Å². The van der Waals surface area contributed by atoms with Crippen LogP contribution in [0.25, 0.3) is 0 Å². The van der Waals surface area contributed by atoms with Crippen molar-refractivity contribution in [3.8, 4) is 0 Å². The van der Waals surface area contributed by atoms with E-state index in [0.29, 0.717) is 41.1 Å². The molecule has 0 aliphatic heterocycles. The highest BCUT2D eigenvalue weighted by atomic mass is 35.5. The monoisotopic (exact) mass is 395 g/mol. The molecule has 0 saturated heterocycles. The van der Waals surface area contributed by atoms with Crippen molar-refractivity contribution in [2.24, 2.45) is 4.99 Å². The summed E-state index contributed by atoms with van der Waals surface area (Å²) in [6, 6.07) is 4.87. The average molecular weight is 396 g/mol. The van der Waals surface area contributed by atoms with Gasteiger partial charge in [-0.25, -0.2) is 8.42 Å². The number of hydrogen-bond acceptors (Lipinski definition) is 4. The van der Waals surface area contributed by atoms with E-state index in [0.717, 1.165) is 0 Å². The molecule has 136 valence electrons. The van der Waals surface area contributed by atoms with Gasteiger partial charge in [0, 0.05) is 29.4 Å². The van der Waals surface area contributed by atoms with Crippen LogP contribution < -0.4 is 10.6 Å². The highest BCUT2D eigenvalue weighted by Crippen LogP contribution is 2.23. The standard InChI is InChI=1S/C15H23Cl2N3O3S/c1-3-18-15(19-5-4-6-24(2,22)23)20-10-14(21)11-7-12(16)9-13(17)8-11/h7-9,14,21H,3-6,10H2,1-2H3,(H2,18,19,20). The van der Waals surface area contributed by atoms with Crippen molar-refractivity contribution in [3.05, 3.63) is 33.8 Å². The Morgan fingerprint density at radius 3 is 2.42 bits per heavy atom. The Labute approximate surface area is 153 Å². The zero-order valence-electron chi connectivity index (χ0n) is 13.7. The van der Waals surface area contributed by atoms with Crippen LogP contribution in [0.1, 0.15) is 25.0 Å². The van der Waals surface area contributed by atoms with Crippen LogP contribution in [-0.2, 0) is 9.84 Å². The molecule has 0 heterocycles. The molecule has 1 unspecified atom stereocenters. The van der Waals surface area contributed by atoms with E-state index in [-0.39, 0.29) is 12.3 Å². The number of aliphatic hydroxyl groups excluding tert-OH is 1. The topological polar surface area (TPSA) is 90.8 Å². The van der Waals surface area contributed by atoms with Crippen LogP contribution in [0.3, 0.4) is 0 Å². The van der Waals surface area contributed by atoms with Gasteiger partial charge in [0.15, 0.2) is 5.96 Å². The molecule has 6 nitrogen and oxygen atoms in total. The van der Waals surface area contributed by atoms with Gasteiger partial charge >= 0.3 is 0 Å². The average Bonchev–Trinajstić information content (AvgIpc) is 2.46. The lowest BCUT2D eigenvalue weighted by atomic mass is 10.1. The smallest absolute Gasteiger partial charge is 0.191 e. The number of benzene rings is 1. The fraction of sp³-hybridized carbons (Fsp3) is 0.533. The van der Waals surface area contributed by atoms with Gasteiger partial charge in [-0.3, -0.25) is 4.99 Å². The molecule has 1 aromatic carbocycles. The summed E-state index contributed by atoms with van der Waals surface area (Å²) in [6.45, 7) is 3.16. The van der Waals surface area contributed by atoms with Crippen molar-refractivity contribution in [1.82, 2.24) is 10.6 Å². The molecule has 0 saturated carbocycles. The Kier molecular flexibility index (Phi) is 8.83. The van der Waals surface area contributed by atoms with Gasteiger partial charge in [-0.05, 0) is 37.1 Å². The summed E-state index contributed by atoms with van der Waals surface area (Å²) in [6.07, 6.45) is 0.849. The Bertz CT molecular complexity index is 646. The molecule has 1 aromatic rings. The molecule has 0 aromatic heterocycles. The number of nitrogens with zero attached hydrogens (tertiary/aromatic N) is 1. The fourth-order valence-electron chi connectivity index (χ4n) is 1.93. The maximum Gasteiger partial charge on any atom is 0.191 e. The number of nitrogens with one attached hydrogen (secondary N) is 2. The summed E-state index contributed by atoms with van der Waals surface area (Å²) in [5, 5.41) is 17.2.